The highest BCUT2D eigenvalue weighted by Gasteiger charge is 2.20. The molecule has 3 heterocycles. The molecule has 294 valence electrons. The van der Waals surface area contributed by atoms with Gasteiger partial charge in [-0.05, 0) is 110 Å². The Kier molecular flexibility index (Phi) is 7.79. The Hall–Kier alpha value is -8.34. The number of benzene rings is 10. The normalized spacial score (nSPS) is 11.9. The molecule has 10 aromatic carbocycles. The highest BCUT2D eigenvalue weighted by atomic mass is 16.3. The number of aryl methyl sites for hydroxylation is 1. The maximum atomic E-state index is 6.22. The number of para-hydroxylation sites is 1. The lowest BCUT2D eigenvalue weighted by Crippen LogP contribution is -2.02. The van der Waals surface area contributed by atoms with Gasteiger partial charge in [0.2, 0.25) is 0 Å². The van der Waals surface area contributed by atoms with Gasteiger partial charge in [-0.3, -0.25) is 4.57 Å². The molecule has 3 aromatic heterocycles. The molecule has 13 aromatic rings. The fourth-order valence-corrected chi connectivity index (χ4v) is 9.75. The second-order valence-electron chi connectivity index (χ2n) is 16.6. The molecule has 0 radical (unpaired) electrons. The zero-order chi connectivity index (χ0) is 41.6. The first-order chi connectivity index (χ1) is 31.1. The predicted octanol–water partition coefficient (Wildman–Crippen LogP) is 15.9. The molecule has 4 heteroatoms. The number of hydrogen-bond acceptors (Lipinski definition) is 3. The van der Waals surface area contributed by atoms with Crippen LogP contribution in [0.15, 0.2) is 211 Å². The average Bonchev–Trinajstić information content (AvgIpc) is 3.88. The van der Waals surface area contributed by atoms with Gasteiger partial charge in [-0.1, -0.05) is 157 Å². The Morgan fingerprint density at radius 1 is 0.333 bits per heavy atom. The van der Waals surface area contributed by atoms with Gasteiger partial charge in [0.15, 0.2) is 5.82 Å². The third-order valence-electron chi connectivity index (χ3n) is 12.9. The minimum absolute atomic E-state index is 0.685. The van der Waals surface area contributed by atoms with E-state index in [2.05, 4.69) is 181 Å². The van der Waals surface area contributed by atoms with Crippen LogP contribution in [-0.2, 0) is 0 Å². The van der Waals surface area contributed by atoms with Crippen molar-refractivity contribution in [1.29, 1.82) is 0 Å². The molecule has 4 nitrogen and oxygen atoms in total. The molecule has 63 heavy (non-hydrogen) atoms. The van der Waals surface area contributed by atoms with Crippen molar-refractivity contribution < 1.29 is 4.42 Å². The van der Waals surface area contributed by atoms with Crippen LogP contribution in [0, 0.1) is 6.92 Å². The smallest absolute Gasteiger partial charge is 0.162 e. The summed E-state index contributed by atoms with van der Waals surface area (Å²) in [7, 11) is 0. The van der Waals surface area contributed by atoms with E-state index in [1.807, 2.05) is 36.4 Å². The Labute approximate surface area is 363 Å². The van der Waals surface area contributed by atoms with Gasteiger partial charge in [0.05, 0.1) is 16.7 Å². The van der Waals surface area contributed by atoms with E-state index < -0.39 is 0 Å². The number of fused-ring (bicyclic) bond motifs is 12. The van der Waals surface area contributed by atoms with Crippen LogP contribution in [0.5, 0.6) is 0 Å². The predicted molar refractivity (Wildman–Crippen MR) is 263 cm³/mol. The minimum Gasteiger partial charge on any atom is -0.456 e. The molecule has 0 atom stereocenters. The molecule has 0 saturated carbocycles. The molecule has 0 fully saturated rings. The van der Waals surface area contributed by atoms with Gasteiger partial charge in [-0.15, -0.1) is 0 Å². The van der Waals surface area contributed by atoms with Crippen LogP contribution >= 0.6 is 0 Å². The second kappa shape index (κ2) is 13.8. The van der Waals surface area contributed by atoms with E-state index in [0.717, 1.165) is 61.2 Å². The van der Waals surface area contributed by atoms with E-state index in [1.54, 1.807) is 0 Å². The van der Waals surface area contributed by atoms with Gasteiger partial charge in [-0.25, -0.2) is 9.97 Å². The molecule has 0 spiro atoms. The van der Waals surface area contributed by atoms with Gasteiger partial charge in [0, 0.05) is 38.7 Å². The van der Waals surface area contributed by atoms with Crippen molar-refractivity contribution in [3.63, 3.8) is 0 Å². The Morgan fingerprint density at radius 2 is 0.873 bits per heavy atom. The third kappa shape index (κ3) is 5.69. The molecule has 0 aliphatic rings. The average molecular weight is 804 g/mol. The Balaban J connectivity index is 1.12. The fraction of sp³-hybridized carbons (Fsp3) is 0.0169. The van der Waals surface area contributed by atoms with E-state index >= 15 is 0 Å². The van der Waals surface area contributed by atoms with Crippen molar-refractivity contribution in [2.45, 2.75) is 6.92 Å². The van der Waals surface area contributed by atoms with Gasteiger partial charge in [-0.2, -0.15) is 0 Å². The van der Waals surface area contributed by atoms with Gasteiger partial charge in [0.25, 0.3) is 0 Å². The third-order valence-corrected chi connectivity index (χ3v) is 12.9. The monoisotopic (exact) mass is 803 g/mol. The van der Waals surface area contributed by atoms with Crippen LogP contribution < -0.4 is 0 Å². The Morgan fingerprint density at radius 3 is 1.67 bits per heavy atom. The number of furan rings is 1. The summed E-state index contributed by atoms with van der Waals surface area (Å²) < 4.78 is 8.57. The van der Waals surface area contributed by atoms with E-state index in [-0.39, 0.29) is 0 Å². The molecule has 0 unspecified atom stereocenters. The molecule has 0 saturated heterocycles. The lowest BCUT2D eigenvalue weighted by Gasteiger charge is -2.14. The van der Waals surface area contributed by atoms with Crippen molar-refractivity contribution in [2.24, 2.45) is 0 Å². The first kappa shape index (κ1) is 35.4. The van der Waals surface area contributed by atoms with Crippen LogP contribution in [-0.4, -0.2) is 14.5 Å². The van der Waals surface area contributed by atoms with E-state index in [9.17, 15) is 0 Å². The standard InChI is InChI=1S/C59H37N3O/c1-36-20-22-37(23-21-36)40-25-28-54-50(31-40)51-33-48-47-30-41(42-26-29-57-52(32-42)46-18-10-11-19-56(46)63-57)24-27-45(47)43-16-8-9-17-44(43)49(48)34-55(51)62(54)58-35-53(38-12-4-2-5-13-38)60-59(61-58)39-14-6-3-7-15-39/h2-35H,1H3. The van der Waals surface area contributed by atoms with E-state index in [1.165, 1.54) is 65.3 Å². The lowest BCUT2D eigenvalue weighted by molar-refractivity contribution is 0.669. The maximum Gasteiger partial charge on any atom is 0.162 e. The first-order valence-electron chi connectivity index (χ1n) is 21.5. The molecular formula is C59H37N3O. The highest BCUT2D eigenvalue weighted by Crippen LogP contribution is 2.43. The van der Waals surface area contributed by atoms with Gasteiger partial charge >= 0.3 is 0 Å². The van der Waals surface area contributed by atoms with E-state index in [4.69, 9.17) is 14.4 Å². The minimum atomic E-state index is 0.685. The van der Waals surface area contributed by atoms with Crippen LogP contribution in [0.4, 0.5) is 0 Å². The molecule has 0 aliphatic heterocycles. The van der Waals surface area contributed by atoms with E-state index in [0.29, 0.717) is 5.82 Å². The van der Waals surface area contributed by atoms with Crippen LogP contribution in [0.1, 0.15) is 5.56 Å². The zero-order valence-electron chi connectivity index (χ0n) is 34.4. The van der Waals surface area contributed by atoms with Crippen LogP contribution in [0.2, 0.25) is 0 Å². The van der Waals surface area contributed by atoms with Crippen molar-refractivity contribution in [1.82, 2.24) is 14.5 Å². The molecular weight excluding hydrogens is 767 g/mol. The summed E-state index contributed by atoms with van der Waals surface area (Å²) in [5, 5.41) is 11.9. The largest absolute Gasteiger partial charge is 0.456 e. The zero-order valence-corrected chi connectivity index (χ0v) is 34.4. The van der Waals surface area contributed by atoms with Crippen LogP contribution in [0.3, 0.4) is 0 Å². The number of aromatic nitrogens is 3. The molecule has 0 aliphatic carbocycles. The summed E-state index contributed by atoms with van der Waals surface area (Å²) in [4.78, 5) is 10.5. The topological polar surface area (TPSA) is 43.9 Å². The van der Waals surface area contributed by atoms with Gasteiger partial charge < -0.3 is 4.42 Å². The van der Waals surface area contributed by atoms with Crippen molar-refractivity contribution in [3.05, 3.63) is 212 Å². The lowest BCUT2D eigenvalue weighted by atomic mass is 9.91. The molecule has 0 amide bonds. The Bertz CT molecular complexity index is 3900. The summed E-state index contributed by atoms with van der Waals surface area (Å²) >= 11 is 0. The summed E-state index contributed by atoms with van der Waals surface area (Å²) in [6.07, 6.45) is 0. The fourth-order valence-electron chi connectivity index (χ4n) is 9.75. The molecule has 0 N–H and O–H groups in total. The highest BCUT2D eigenvalue weighted by molar-refractivity contribution is 6.29. The summed E-state index contributed by atoms with van der Waals surface area (Å²) in [5.41, 5.74) is 12.8. The molecule has 13 rings (SSSR count). The second-order valence-corrected chi connectivity index (χ2v) is 16.6. The number of hydrogen-bond donors (Lipinski definition) is 0. The first-order valence-corrected chi connectivity index (χ1v) is 21.5. The van der Waals surface area contributed by atoms with Crippen molar-refractivity contribution in [3.8, 4) is 50.7 Å². The SMILES string of the molecule is Cc1ccc(-c2ccc3c(c2)c2cc4c5cc(-c6ccc7oc8ccccc8c7c6)ccc5c5ccccc5c4cc2n3-c2cc(-c3ccccc3)nc(-c3ccccc3)n2)cc1. The number of nitrogens with zero attached hydrogens (tertiary/aromatic N) is 3. The van der Waals surface area contributed by atoms with Crippen LogP contribution in [0.25, 0.3) is 127 Å². The number of rotatable bonds is 5. The molecule has 0 bridgehead atoms. The van der Waals surface area contributed by atoms with Crippen molar-refractivity contribution >= 4 is 76.1 Å². The maximum absolute atomic E-state index is 6.22. The summed E-state index contributed by atoms with van der Waals surface area (Å²) in [6.45, 7) is 2.14. The van der Waals surface area contributed by atoms with Crippen molar-refractivity contribution in [2.75, 3.05) is 0 Å². The summed E-state index contributed by atoms with van der Waals surface area (Å²) in [5.74, 6) is 1.50. The summed E-state index contributed by atoms with van der Waals surface area (Å²) in [6, 6.07) is 74.1. The quantitative estimate of drug-likeness (QED) is 0.163. The van der Waals surface area contributed by atoms with Gasteiger partial charge in [0.1, 0.15) is 17.0 Å².